The number of methoxy groups -OCH3 is 1. The monoisotopic (exact) mass is 429 g/mol. The number of aromatic carboxylic acids is 1. The molecule has 0 bridgehead atoms. The van der Waals surface area contributed by atoms with E-state index in [1.807, 2.05) is 12.1 Å². The highest BCUT2D eigenvalue weighted by Crippen LogP contribution is 2.37. The molecule has 4 aromatic rings. The molecule has 0 aliphatic heterocycles. The average molecular weight is 430 g/mol. The minimum Gasteiger partial charge on any atom is -0.481 e. The summed E-state index contributed by atoms with van der Waals surface area (Å²) in [6.45, 7) is 0. The third kappa shape index (κ3) is 3.65. The van der Waals surface area contributed by atoms with E-state index in [-0.39, 0.29) is 5.56 Å². The van der Waals surface area contributed by atoms with Gasteiger partial charge in [0.05, 0.1) is 12.6 Å². The molecule has 29 heavy (non-hydrogen) atoms. The van der Waals surface area contributed by atoms with Crippen LogP contribution in [0.2, 0.25) is 5.02 Å². The molecule has 3 N–H and O–H groups in total. The van der Waals surface area contributed by atoms with Crippen molar-refractivity contribution in [2.45, 2.75) is 6.23 Å². The van der Waals surface area contributed by atoms with Crippen LogP contribution in [0.5, 0.6) is 5.88 Å². The highest BCUT2D eigenvalue weighted by atomic mass is 35.5. The zero-order chi connectivity index (χ0) is 20.5. The maximum absolute atomic E-state index is 11.9. The van der Waals surface area contributed by atoms with Crippen LogP contribution < -0.4 is 10.1 Å². The lowest BCUT2D eigenvalue weighted by atomic mass is 10.0. The first kappa shape index (κ1) is 19.3. The molecule has 3 aromatic heterocycles. The summed E-state index contributed by atoms with van der Waals surface area (Å²) in [5, 5.41) is 30.2. The Hall–Kier alpha value is -3.07. The van der Waals surface area contributed by atoms with Crippen LogP contribution in [-0.4, -0.2) is 32.9 Å². The van der Waals surface area contributed by atoms with Gasteiger partial charge in [0.25, 0.3) is 0 Å². The number of fused-ring (bicyclic) bond motifs is 1. The molecule has 3 heterocycles. The number of benzene rings is 1. The van der Waals surface area contributed by atoms with Crippen LogP contribution in [0.1, 0.15) is 22.3 Å². The number of pyridine rings is 1. The predicted molar refractivity (Wildman–Crippen MR) is 112 cm³/mol. The van der Waals surface area contributed by atoms with E-state index in [1.165, 1.54) is 18.4 Å². The first-order valence-electron chi connectivity index (χ1n) is 8.56. The van der Waals surface area contributed by atoms with Crippen LogP contribution in [0.15, 0.2) is 53.9 Å². The Kier molecular flexibility index (Phi) is 5.14. The van der Waals surface area contributed by atoms with E-state index in [2.05, 4.69) is 10.4 Å². The van der Waals surface area contributed by atoms with Crippen molar-refractivity contribution in [1.82, 2.24) is 9.61 Å². The Balaban J connectivity index is 1.67. The molecule has 0 aliphatic carbocycles. The molecule has 1 aromatic carbocycles. The van der Waals surface area contributed by atoms with Gasteiger partial charge in [-0.1, -0.05) is 29.8 Å². The second-order valence-electron chi connectivity index (χ2n) is 6.19. The summed E-state index contributed by atoms with van der Waals surface area (Å²) in [5.41, 5.74) is 2.44. The third-order valence-electron chi connectivity index (χ3n) is 4.39. The van der Waals surface area contributed by atoms with E-state index < -0.39 is 12.2 Å². The molecule has 0 spiro atoms. The summed E-state index contributed by atoms with van der Waals surface area (Å²) in [6.07, 6.45) is -1.20. The lowest BCUT2D eigenvalue weighted by molar-refractivity contribution is 0.0699. The van der Waals surface area contributed by atoms with E-state index in [0.717, 1.165) is 11.1 Å². The van der Waals surface area contributed by atoms with Crippen molar-refractivity contribution in [2.75, 3.05) is 12.4 Å². The van der Waals surface area contributed by atoms with Gasteiger partial charge in [0.2, 0.25) is 5.88 Å². The smallest absolute Gasteiger partial charge is 0.339 e. The first-order chi connectivity index (χ1) is 14.0. The van der Waals surface area contributed by atoms with Crippen molar-refractivity contribution in [2.24, 2.45) is 0 Å². The second kappa shape index (κ2) is 7.75. The number of halogens is 1. The topological polar surface area (TPSA) is 96.1 Å². The summed E-state index contributed by atoms with van der Waals surface area (Å²) < 4.78 is 6.82. The Morgan fingerprint density at radius 3 is 2.72 bits per heavy atom. The number of ether oxygens (including phenoxy) is 1. The van der Waals surface area contributed by atoms with Crippen LogP contribution in [-0.2, 0) is 0 Å². The molecule has 4 rings (SSSR count). The molecular weight excluding hydrogens is 414 g/mol. The van der Waals surface area contributed by atoms with Gasteiger partial charge in [0, 0.05) is 22.0 Å². The number of aliphatic hydroxyl groups excluding tert-OH is 1. The number of hydrogen-bond donors (Lipinski definition) is 3. The number of carbonyl (C=O) groups is 1. The van der Waals surface area contributed by atoms with Crippen LogP contribution in [0.3, 0.4) is 0 Å². The number of hydrogen-bond acceptors (Lipinski definition) is 6. The number of anilines is 1. The van der Waals surface area contributed by atoms with E-state index in [9.17, 15) is 15.0 Å². The minimum atomic E-state index is -1.20. The van der Waals surface area contributed by atoms with Crippen molar-refractivity contribution in [3.8, 4) is 17.0 Å². The number of thiophene rings is 1. The van der Waals surface area contributed by atoms with Crippen molar-refractivity contribution in [3.05, 3.63) is 70.2 Å². The Bertz CT molecular complexity index is 1190. The van der Waals surface area contributed by atoms with Crippen LogP contribution in [0.25, 0.3) is 16.6 Å². The summed E-state index contributed by atoms with van der Waals surface area (Å²) in [7, 11) is 1.54. The van der Waals surface area contributed by atoms with E-state index in [4.69, 9.17) is 16.3 Å². The molecule has 0 radical (unpaired) electrons. The molecule has 0 saturated heterocycles. The first-order valence-corrected chi connectivity index (χ1v) is 9.81. The fraction of sp³-hybridized carbons (Fsp3) is 0.100. The Morgan fingerprint density at radius 2 is 2.03 bits per heavy atom. The zero-order valence-corrected chi connectivity index (χ0v) is 16.7. The molecule has 7 nitrogen and oxygen atoms in total. The van der Waals surface area contributed by atoms with Crippen molar-refractivity contribution < 1.29 is 19.7 Å². The zero-order valence-electron chi connectivity index (χ0n) is 15.2. The second-order valence-corrected chi connectivity index (χ2v) is 7.50. The highest BCUT2D eigenvalue weighted by Gasteiger charge is 2.23. The van der Waals surface area contributed by atoms with Crippen molar-refractivity contribution in [3.63, 3.8) is 0 Å². The fourth-order valence-corrected chi connectivity index (χ4v) is 4.12. The van der Waals surface area contributed by atoms with Crippen LogP contribution in [0, 0.1) is 0 Å². The molecule has 148 valence electrons. The number of aromatic nitrogens is 2. The predicted octanol–water partition coefficient (Wildman–Crippen LogP) is 4.53. The van der Waals surface area contributed by atoms with Gasteiger partial charge in [0.15, 0.2) is 6.23 Å². The summed E-state index contributed by atoms with van der Waals surface area (Å²) in [4.78, 5) is 11.9. The number of nitrogens with one attached hydrogen (secondary N) is 1. The molecule has 9 heteroatoms. The molecule has 1 atom stereocenters. The molecule has 1 unspecified atom stereocenters. The van der Waals surface area contributed by atoms with Gasteiger partial charge in [0.1, 0.15) is 16.3 Å². The van der Waals surface area contributed by atoms with Gasteiger partial charge < -0.3 is 20.3 Å². The number of rotatable bonds is 6. The minimum absolute atomic E-state index is 0.0812. The standard InChI is InChI=1S/C20H16ClN3O4S/c1-28-16-4-2-3-13-9-15(23-24(13)16)18(25)22-19-17(20(26)27)14(10-29-19)11-5-7-12(21)8-6-11/h2-10,18,22,25H,1H3,(H,26,27). The lowest BCUT2D eigenvalue weighted by Gasteiger charge is -2.11. The van der Waals surface area contributed by atoms with Gasteiger partial charge in [-0.15, -0.1) is 11.3 Å². The van der Waals surface area contributed by atoms with Gasteiger partial charge >= 0.3 is 5.97 Å². The maximum Gasteiger partial charge on any atom is 0.339 e. The normalized spacial score (nSPS) is 12.1. The Morgan fingerprint density at radius 1 is 1.28 bits per heavy atom. The molecule has 0 amide bonds. The highest BCUT2D eigenvalue weighted by molar-refractivity contribution is 7.15. The average Bonchev–Trinajstić information content (AvgIpc) is 3.32. The number of carboxylic acids is 1. The molecule has 0 aliphatic rings. The quantitative estimate of drug-likeness (QED) is 0.390. The van der Waals surface area contributed by atoms with Gasteiger partial charge in [-0.25, -0.2) is 9.31 Å². The van der Waals surface area contributed by atoms with Crippen molar-refractivity contribution >= 4 is 39.4 Å². The van der Waals surface area contributed by atoms with Crippen LogP contribution >= 0.6 is 22.9 Å². The van der Waals surface area contributed by atoms with Crippen molar-refractivity contribution in [1.29, 1.82) is 0 Å². The maximum atomic E-state index is 11.9. The molecule has 0 saturated carbocycles. The largest absolute Gasteiger partial charge is 0.481 e. The number of aliphatic hydroxyl groups is 1. The van der Waals surface area contributed by atoms with E-state index >= 15 is 0 Å². The van der Waals surface area contributed by atoms with E-state index in [0.29, 0.717) is 27.2 Å². The lowest BCUT2D eigenvalue weighted by Crippen LogP contribution is -2.12. The number of nitrogens with zero attached hydrogens (tertiary/aromatic N) is 2. The van der Waals surface area contributed by atoms with E-state index in [1.54, 1.807) is 46.3 Å². The van der Waals surface area contributed by atoms with Crippen LogP contribution in [0.4, 0.5) is 5.00 Å². The SMILES string of the molecule is COc1cccc2cc(C(O)Nc3scc(-c4ccc(Cl)cc4)c3C(=O)O)nn12. The summed E-state index contributed by atoms with van der Waals surface area (Å²) in [5.74, 6) is -0.573. The van der Waals surface area contributed by atoms with Gasteiger partial charge in [-0.3, -0.25) is 0 Å². The van der Waals surface area contributed by atoms with Gasteiger partial charge in [-0.05, 0) is 29.8 Å². The molecular formula is C20H16ClN3O4S. The fourth-order valence-electron chi connectivity index (χ4n) is 3.01. The summed E-state index contributed by atoms with van der Waals surface area (Å²) >= 11 is 7.12. The Labute approximate surface area is 174 Å². The molecule has 0 fully saturated rings. The van der Waals surface area contributed by atoms with Gasteiger partial charge in [-0.2, -0.15) is 5.10 Å². The number of carboxylic acid groups (broad SMARTS) is 1. The summed E-state index contributed by atoms with van der Waals surface area (Å²) in [6, 6.07) is 14.0. The third-order valence-corrected chi connectivity index (χ3v) is 5.55.